The third-order valence-corrected chi connectivity index (χ3v) is 7.38. The number of halogens is 1. The van der Waals surface area contributed by atoms with Gasteiger partial charge < -0.3 is 14.4 Å². The molecule has 2 aromatic rings. The number of nitrogens with zero attached hydrogens (tertiary/aromatic N) is 1. The summed E-state index contributed by atoms with van der Waals surface area (Å²) < 4.78 is 11.5. The highest BCUT2D eigenvalue weighted by Gasteiger charge is 2.53. The van der Waals surface area contributed by atoms with Gasteiger partial charge in [-0.05, 0) is 92.7 Å². The van der Waals surface area contributed by atoms with Crippen molar-refractivity contribution in [3.05, 3.63) is 53.6 Å². The number of likely N-dealkylation sites (tertiary alicyclic amines) is 1. The minimum atomic E-state index is 0. The number of likely N-dealkylation sites (N-methyl/N-ethyl adjacent to an activating group) is 1. The van der Waals surface area contributed by atoms with Crippen molar-refractivity contribution in [3.63, 3.8) is 0 Å². The summed E-state index contributed by atoms with van der Waals surface area (Å²) in [5, 5.41) is 0. The maximum Gasteiger partial charge on any atom is 0.127 e. The highest BCUT2D eigenvalue weighted by molar-refractivity contribution is 5.85. The number of hydrogen-bond donors (Lipinski definition) is 0. The standard InChI is InChI=1S/C24H29NO2.ClH/c1-25-14-13-24-12-4-3-5-21(24)23(25)15-17-6-7-20(16-22(17)24)27-19-10-8-18(26-2)9-11-19;/h6-11,16,21,23H,3-5,12-15H2,1-2H3;1H/t21-,23+,24+;/m0./s1. The van der Waals surface area contributed by atoms with Gasteiger partial charge in [0.2, 0.25) is 0 Å². The molecule has 0 unspecified atom stereocenters. The molecule has 2 fully saturated rings. The van der Waals surface area contributed by atoms with E-state index < -0.39 is 0 Å². The summed E-state index contributed by atoms with van der Waals surface area (Å²) in [5.41, 5.74) is 3.51. The third-order valence-electron chi connectivity index (χ3n) is 7.38. The van der Waals surface area contributed by atoms with Crippen molar-refractivity contribution in [1.82, 2.24) is 4.90 Å². The second-order valence-corrected chi connectivity index (χ2v) is 8.61. The molecule has 150 valence electrons. The molecular weight excluding hydrogens is 370 g/mol. The molecule has 3 aliphatic rings. The van der Waals surface area contributed by atoms with Gasteiger partial charge in [0.1, 0.15) is 17.2 Å². The molecule has 1 aliphatic heterocycles. The SMILES string of the molecule is COc1ccc(Oc2ccc3c(c2)[C@@]24CCCC[C@H]2[C@@H](C3)N(C)CC4)cc1.Cl. The minimum Gasteiger partial charge on any atom is -0.497 e. The summed E-state index contributed by atoms with van der Waals surface area (Å²) in [4.78, 5) is 2.62. The summed E-state index contributed by atoms with van der Waals surface area (Å²) in [6, 6.07) is 15.4. The van der Waals surface area contributed by atoms with E-state index in [9.17, 15) is 0 Å². The van der Waals surface area contributed by atoms with E-state index in [2.05, 4.69) is 30.1 Å². The number of rotatable bonds is 3. The smallest absolute Gasteiger partial charge is 0.127 e. The topological polar surface area (TPSA) is 21.7 Å². The van der Waals surface area contributed by atoms with Crippen molar-refractivity contribution < 1.29 is 9.47 Å². The van der Waals surface area contributed by atoms with Crippen molar-refractivity contribution in [2.45, 2.75) is 50.0 Å². The molecule has 3 nitrogen and oxygen atoms in total. The number of fused-ring (bicyclic) bond motifs is 1. The molecule has 0 aromatic heterocycles. The fraction of sp³-hybridized carbons (Fsp3) is 0.500. The Labute approximate surface area is 174 Å². The molecule has 2 aliphatic carbocycles. The molecule has 0 spiro atoms. The number of hydrogen-bond acceptors (Lipinski definition) is 3. The molecule has 0 N–H and O–H groups in total. The first-order valence-electron chi connectivity index (χ1n) is 10.4. The van der Waals surface area contributed by atoms with Crippen LogP contribution in [0.15, 0.2) is 42.5 Å². The van der Waals surface area contributed by atoms with E-state index in [0.717, 1.165) is 29.2 Å². The first-order chi connectivity index (χ1) is 13.2. The van der Waals surface area contributed by atoms with Gasteiger partial charge in [0.05, 0.1) is 7.11 Å². The zero-order valence-corrected chi connectivity index (χ0v) is 17.6. The van der Waals surface area contributed by atoms with Gasteiger partial charge in [0.15, 0.2) is 0 Å². The normalized spacial score (nSPS) is 28.5. The summed E-state index contributed by atoms with van der Waals surface area (Å²) in [5.74, 6) is 3.50. The lowest BCUT2D eigenvalue weighted by Gasteiger charge is -2.58. The van der Waals surface area contributed by atoms with Gasteiger partial charge in [-0.2, -0.15) is 0 Å². The van der Waals surface area contributed by atoms with E-state index in [0.29, 0.717) is 5.41 Å². The quantitative estimate of drug-likeness (QED) is 0.670. The lowest BCUT2D eigenvalue weighted by Crippen LogP contribution is -2.59. The molecule has 4 heteroatoms. The third kappa shape index (κ3) is 3.09. The van der Waals surface area contributed by atoms with E-state index in [1.807, 2.05) is 24.3 Å². The van der Waals surface area contributed by atoms with Gasteiger partial charge in [-0.15, -0.1) is 12.4 Å². The largest absolute Gasteiger partial charge is 0.497 e. The zero-order valence-electron chi connectivity index (χ0n) is 16.8. The van der Waals surface area contributed by atoms with E-state index in [4.69, 9.17) is 9.47 Å². The molecule has 0 amide bonds. The van der Waals surface area contributed by atoms with Crippen LogP contribution >= 0.6 is 12.4 Å². The molecule has 1 saturated heterocycles. The van der Waals surface area contributed by atoms with Gasteiger partial charge in [-0.1, -0.05) is 18.9 Å². The maximum absolute atomic E-state index is 6.21. The van der Waals surface area contributed by atoms with Crippen molar-refractivity contribution in [1.29, 1.82) is 0 Å². The average Bonchev–Trinajstić information content (AvgIpc) is 2.71. The Morgan fingerprint density at radius 1 is 0.964 bits per heavy atom. The van der Waals surface area contributed by atoms with Crippen LogP contribution in [0.25, 0.3) is 0 Å². The minimum absolute atomic E-state index is 0. The van der Waals surface area contributed by atoms with Crippen LogP contribution in [0, 0.1) is 5.92 Å². The highest BCUT2D eigenvalue weighted by atomic mass is 35.5. The number of piperidine rings is 1. The van der Waals surface area contributed by atoms with E-state index in [1.165, 1.54) is 45.1 Å². The number of methoxy groups -OCH3 is 1. The molecule has 1 heterocycles. The van der Waals surface area contributed by atoms with E-state index in [-0.39, 0.29) is 12.4 Å². The van der Waals surface area contributed by atoms with Gasteiger partial charge in [-0.3, -0.25) is 0 Å². The first kappa shape index (κ1) is 19.6. The van der Waals surface area contributed by atoms with Gasteiger partial charge in [0.25, 0.3) is 0 Å². The Morgan fingerprint density at radius 2 is 1.71 bits per heavy atom. The van der Waals surface area contributed by atoms with Crippen LogP contribution in [0.2, 0.25) is 0 Å². The fourth-order valence-electron chi connectivity index (χ4n) is 6.02. The summed E-state index contributed by atoms with van der Waals surface area (Å²) in [6.45, 7) is 1.23. The maximum atomic E-state index is 6.21. The molecule has 5 rings (SSSR count). The Balaban J connectivity index is 0.00000192. The Morgan fingerprint density at radius 3 is 2.50 bits per heavy atom. The summed E-state index contributed by atoms with van der Waals surface area (Å²) in [6.07, 6.45) is 7.99. The monoisotopic (exact) mass is 399 g/mol. The number of benzene rings is 2. The fourth-order valence-corrected chi connectivity index (χ4v) is 6.02. The molecule has 2 aromatic carbocycles. The van der Waals surface area contributed by atoms with Crippen LogP contribution in [-0.2, 0) is 11.8 Å². The predicted molar refractivity (Wildman–Crippen MR) is 115 cm³/mol. The zero-order chi connectivity index (χ0) is 18.4. The molecule has 2 bridgehead atoms. The van der Waals surface area contributed by atoms with Crippen LogP contribution in [-0.4, -0.2) is 31.6 Å². The lowest BCUT2D eigenvalue weighted by molar-refractivity contribution is 0.00276. The highest BCUT2D eigenvalue weighted by Crippen LogP contribution is 2.56. The van der Waals surface area contributed by atoms with Crippen LogP contribution in [0.5, 0.6) is 17.2 Å². The second kappa shape index (κ2) is 7.61. The summed E-state index contributed by atoms with van der Waals surface area (Å²) >= 11 is 0. The molecule has 1 saturated carbocycles. The Bertz CT molecular complexity index is 837. The number of ether oxygens (including phenoxy) is 2. The average molecular weight is 400 g/mol. The predicted octanol–water partition coefficient (Wildman–Crippen LogP) is 5.60. The van der Waals surface area contributed by atoms with Crippen LogP contribution in [0.1, 0.15) is 43.2 Å². The van der Waals surface area contributed by atoms with E-state index in [1.54, 1.807) is 18.2 Å². The van der Waals surface area contributed by atoms with Crippen LogP contribution in [0.3, 0.4) is 0 Å². The molecular formula is C24H30ClNO2. The van der Waals surface area contributed by atoms with Crippen molar-refractivity contribution in [2.24, 2.45) is 5.92 Å². The van der Waals surface area contributed by atoms with Gasteiger partial charge in [0, 0.05) is 11.5 Å². The van der Waals surface area contributed by atoms with Crippen molar-refractivity contribution in [2.75, 3.05) is 20.7 Å². The Hall–Kier alpha value is -1.71. The molecule has 3 atom stereocenters. The van der Waals surface area contributed by atoms with Crippen LogP contribution in [0.4, 0.5) is 0 Å². The molecule has 28 heavy (non-hydrogen) atoms. The van der Waals surface area contributed by atoms with Gasteiger partial charge >= 0.3 is 0 Å². The second-order valence-electron chi connectivity index (χ2n) is 8.61. The molecule has 0 radical (unpaired) electrons. The van der Waals surface area contributed by atoms with Gasteiger partial charge in [-0.25, -0.2) is 0 Å². The Kier molecular flexibility index (Phi) is 5.32. The first-order valence-corrected chi connectivity index (χ1v) is 10.4. The van der Waals surface area contributed by atoms with Crippen molar-refractivity contribution >= 4 is 12.4 Å². The van der Waals surface area contributed by atoms with Crippen molar-refractivity contribution in [3.8, 4) is 17.2 Å². The lowest BCUT2D eigenvalue weighted by atomic mass is 9.52. The van der Waals surface area contributed by atoms with Crippen LogP contribution < -0.4 is 9.47 Å². The van der Waals surface area contributed by atoms with E-state index >= 15 is 0 Å². The summed E-state index contributed by atoms with van der Waals surface area (Å²) in [7, 11) is 4.02.